The lowest BCUT2D eigenvalue weighted by atomic mass is 10.2. The van der Waals surface area contributed by atoms with Crippen molar-refractivity contribution in [2.24, 2.45) is 4.99 Å². The van der Waals surface area contributed by atoms with Crippen molar-refractivity contribution in [3.05, 3.63) is 29.3 Å². The fraction of sp³-hybridized carbons (Fsp3) is 0.579. The highest BCUT2D eigenvalue weighted by Gasteiger charge is 2.41. The summed E-state index contributed by atoms with van der Waals surface area (Å²) in [5.74, 6) is 0.753. The summed E-state index contributed by atoms with van der Waals surface area (Å²) in [4.78, 5) is 12.4. The zero-order valence-corrected chi connectivity index (χ0v) is 17.0. The van der Waals surface area contributed by atoms with E-state index >= 15 is 0 Å². The van der Waals surface area contributed by atoms with Gasteiger partial charge < -0.3 is 10.2 Å². The van der Waals surface area contributed by atoms with Crippen LogP contribution in [0, 0.1) is 0 Å². The lowest BCUT2D eigenvalue weighted by molar-refractivity contribution is -0.181. The average Bonchev–Trinajstić information content (AvgIpc) is 3.10. The molecule has 1 saturated heterocycles. The number of hydrogen-bond donors (Lipinski definition) is 1. The van der Waals surface area contributed by atoms with Crippen molar-refractivity contribution in [2.75, 3.05) is 39.8 Å². The van der Waals surface area contributed by atoms with Crippen molar-refractivity contribution in [1.29, 1.82) is 0 Å². The Balaban J connectivity index is 1.42. The number of nitrogens with zero attached hydrogens (tertiary/aromatic N) is 4. The van der Waals surface area contributed by atoms with E-state index in [2.05, 4.69) is 21.4 Å². The minimum Gasteiger partial charge on any atom is -0.356 e. The van der Waals surface area contributed by atoms with E-state index in [0.717, 1.165) is 35.9 Å². The molecular weight excluding hydrogens is 387 g/mol. The van der Waals surface area contributed by atoms with Crippen molar-refractivity contribution in [2.45, 2.75) is 32.0 Å². The highest BCUT2D eigenvalue weighted by Crippen LogP contribution is 2.25. The van der Waals surface area contributed by atoms with Gasteiger partial charge in [0.25, 0.3) is 0 Å². The fourth-order valence-electron chi connectivity index (χ4n) is 3.33. The maximum atomic E-state index is 12.9. The van der Waals surface area contributed by atoms with Gasteiger partial charge in [0.15, 0.2) is 5.96 Å². The summed E-state index contributed by atoms with van der Waals surface area (Å²) in [6.07, 6.45) is -2.37. The number of hydrogen-bond acceptors (Lipinski definition) is 4. The van der Waals surface area contributed by atoms with E-state index < -0.39 is 12.2 Å². The number of aryl methyl sites for hydroxylation is 1. The van der Waals surface area contributed by atoms with Crippen molar-refractivity contribution in [3.8, 4) is 0 Å². The highest BCUT2D eigenvalue weighted by molar-refractivity contribution is 7.18. The largest absolute Gasteiger partial charge is 0.403 e. The van der Waals surface area contributed by atoms with Gasteiger partial charge in [-0.3, -0.25) is 9.89 Å². The van der Waals surface area contributed by atoms with Crippen LogP contribution in [0.4, 0.5) is 13.2 Å². The number of aromatic nitrogens is 1. The average molecular weight is 414 g/mol. The maximum Gasteiger partial charge on any atom is 0.403 e. The van der Waals surface area contributed by atoms with Crippen LogP contribution in [0.15, 0.2) is 29.3 Å². The standard InChI is InChI=1S/C19H26F3N5S/c1-14(19(20,21)22)26-10-12-27(13-11-26)18(23-2)24-9-5-8-17-25-15-6-3-4-7-16(15)28-17/h3-4,6-7,14H,5,8-13H2,1-2H3,(H,23,24). The van der Waals surface area contributed by atoms with Crippen LogP contribution in [0.2, 0.25) is 0 Å². The molecule has 1 N–H and O–H groups in total. The number of halogens is 3. The van der Waals surface area contributed by atoms with Gasteiger partial charge in [0.2, 0.25) is 0 Å². The van der Waals surface area contributed by atoms with Crippen LogP contribution in [-0.4, -0.2) is 72.7 Å². The van der Waals surface area contributed by atoms with Gasteiger partial charge in [0, 0.05) is 46.2 Å². The van der Waals surface area contributed by atoms with Crippen LogP contribution in [0.25, 0.3) is 10.2 Å². The van der Waals surface area contributed by atoms with E-state index in [9.17, 15) is 13.2 Å². The number of thiazole rings is 1. The van der Waals surface area contributed by atoms with Gasteiger partial charge in [-0.2, -0.15) is 13.2 Å². The van der Waals surface area contributed by atoms with Gasteiger partial charge in [-0.1, -0.05) is 12.1 Å². The molecule has 0 radical (unpaired) electrons. The number of alkyl halides is 3. The first kappa shape index (κ1) is 20.9. The van der Waals surface area contributed by atoms with Gasteiger partial charge in [0.05, 0.1) is 15.2 Å². The number of fused-ring (bicyclic) bond motifs is 1. The predicted molar refractivity (Wildman–Crippen MR) is 108 cm³/mol. The Morgan fingerprint density at radius 2 is 1.96 bits per heavy atom. The highest BCUT2D eigenvalue weighted by atomic mass is 32.1. The summed E-state index contributed by atoms with van der Waals surface area (Å²) in [6.45, 7) is 3.82. The van der Waals surface area contributed by atoms with Crippen LogP contribution in [0.3, 0.4) is 0 Å². The maximum absolute atomic E-state index is 12.9. The molecule has 154 valence electrons. The number of rotatable bonds is 5. The molecule has 1 unspecified atom stereocenters. The van der Waals surface area contributed by atoms with E-state index in [-0.39, 0.29) is 0 Å². The van der Waals surface area contributed by atoms with Crippen molar-refractivity contribution < 1.29 is 13.2 Å². The number of para-hydroxylation sites is 1. The predicted octanol–water partition coefficient (Wildman–Crippen LogP) is 3.37. The quantitative estimate of drug-likeness (QED) is 0.464. The summed E-state index contributed by atoms with van der Waals surface area (Å²) < 4.78 is 39.8. The molecule has 0 bridgehead atoms. The molecule has 0 aliphatic carbocycles. The topological polar surface area (TPSA) is 43.8 Å². The van der Waals surface area contributed by atoms with E-state index in [1.165, 1.54) is 16.5 Å². The van der Waals surface area contributed by atoms with Crippen molar-refractivity contribution >= 4 is 27.5 Å². The van der Waals surface area contributed by atoms with Gasteiger partial charge in [-0.25, -0.2) is 4.98 Å². The van der Waals surface area contributed by atoms with Crippen LogP contribution in [0.5, 0.6) is 0 Å². The second-order valence-corrected chi connectivity index (χ2v) is 8.01. The minimum absolute atomic E-state index is 0.382. The lowest BCUT2D eigenvalue weighted by Gasteiger charge is -2.39. The zero-order chi connectivity index (χ0) is 20.1. The molecule has 5 nitrogen and oxygen atoms in total. The molecule has 1 aliphatic rings. The Bertz CT molecular complexity index is 763. The van der Waals surface area contributed by atoms with Crippen molar-refractivity contribution in [3.63, 3.8) is 0 Å². The van der Waals surface area contributed by atoms with E-state index in [4.69, 9.17) is 0 Å². The van der Waals surface area contributed by atoms with E-state index in [1.54, 1.807) is 18.4 Å². The summed E-state index contributed by atoms with van der Waals surface area (Å²) in [5, 5.41) is 4.45. The fourth-order valence-corrected chi connectivity index (χ4v) is 4.34. The molecule has 1 aromatic carbocycles. The molecular formula is C19H26F3N5S. The van der Waals surface area contributed by atoms with Crippen LogP contribution >= 0.6 is 11.3 Å². The van der Waals surface area contributed by atoms with Gasteiger partial charge in [0.1, 0.15) is 6.04 Å². The molecule has 9 heteroatoms. The van der Waals surface area contributed by atoms with Crippen LogP contribution < -0.4 is 5.32 Å². The Morgan fingerprint density at radius 1 is 1.25 bits per heavy atom. The first-order valence-electron chi connectivity index (χ1n) is 9.49. The Labute approximate surface area is 167 Å². The smallest absolute Gasteiger partial charge is 0.356 e. The van der Waals surface area contributed by atoms with Gasteiger partial charge >= 0.3 is 6.18 Å². The number of guanidine groups is 1. The monoisotopic (exact) mass is 413 g/mol. The summed E-state index contributed by atoms with van der Waals surface area (Å²) in [7, 11) is 1.71. The van der Waals surface area contributed by atoms with Crippen molar-refractivity contribution in [1.82, 2.24) is 20.1 Å². The number of benzene rings is 1. The van der Waals surface area contributed by atoms with Crippen LogP contribution in [0.1, 0.15) is 18.4 Å². The summed E-state index contributed by atoms with van der Waals surface area (Å²) in [6, 6.07) is 6.71. The second-order valence-electron chi connectivity index (χ2n) is 6.89. The molecule has 3 rings (SSSR count). The molecule has 1 aromatic heterocycles. The van der Waals surface area contributed by atoms with E-state index in [0.29, 0.717) is 26.2 Å². The Kier molecular flexibility index (Phi) is 6.77. The molecule has 1 fully saturated rings. The normalized spacial score (nSPS) is 17.9. The molecule has 2 heterocycles. The molecule has 1 aliphatic heterocycles. The third-order valence-electron chi connectivity index (χ3n) is 5.04. The Hall–Kier alpha value is -1.87. The lowest BCUT2D eigenvalue weighted by Crippen LogP contribution is -2.56. The number of piperazine rings is 1. The molecule has 28 heavy (non-hydrogen) atoms. The zero-order valence-electron chi connectivity index (χ0n) is 16.2. The molecule has 0 saturated carbocycles. The molecule has 2 aromatic rings. The third kappa shape index (κ3) is 5.14. The summed E-state index contributed by atoms with van der Waals surface area (Å²) >= 11 is 1.72. The second kappa shape index (κ2) is 9.09. The summed E-state index contributed by atoms with van der Waals surface area (Å²) in [5.41, 5.74) is 1.04. The Morgan fingerprint density at radius 3 is 2.61 bits per heavy atom. The minimum atomic E-state index is -4.18. The molecule has 1 atom stereocenters. The third-order valence-corrected chi connectivity index (χ3v) is 6.13. The first-order valence-corrected chi connectivity index (χ1v) is 10.3. The SMILES string of the molecule is CN=C(NCCCc1nc2ccccc2s1)N1CCN(C(C)C(F)(F)F)CC1. The van der Waals surface area contributed by atoms with Crippen LogP contribution in [-0.2, 0) is 6.42 Å². The number of nitrogens with one attached hydrogen (secondary N) is 1. The molecule has 0 amide bonds. The van der Waals surface area contributed by atoms with E-state index in [1.807, 2.05) is 23.1 Å². The van der Waals surface area contributed by atoms with Gasteiger partial charge in [-0.05, 0) is 25.5 Å². The molecule has 0 spiro atoms. The van der Waals surface area contributed by atoms with Gasteiger partial charge in [-0.15, -0.1) is 11.3 Å². The first-order chi connectivity index (χ1) is 13.4. The number of aliphatic imine (C=N–C) groups is 1.